The average Bonchev–Trinajstić information content (AvgIpc) is 3.21. The fourth-order valence-corrected chi connectivity index (χ4v) is 5.63. The van der Waals surface area contributed by atoms with Crippen molar-refractivity contribution in [1.82, 2.24) is 10.6 Å². The standard InChI is InChI=1S/C20H29FN2O6S2/c1-9(24)14(18-16(26)15(25)17(27)20(29-18)30-2)23-19(28)13-7-12(8-22-13)31-11-5-3-10(21)4-6-11/h3-6,9,12-18,20,22,24-27H,7-8H2,1-2H3,(H,23,28)/t9-,12?,13?,14-,15+,16-,17-,18-,20-/m1/s1. The molecule has 2 heterocycles. The molecule has 1 amide bonds. The molecule has 2 unspecified atom stereocenters. The summed E-state index contributed by atoms with van der Waals surface area (Å²) >= 11 is 2.71. The second-order valence-electron chi connectivity index (χ2n) is 7.84. The summed E-state index contributed by atoms with van der Waals surface area (Å²) in [6, 6.07) is 4.69. The lowest BCUT2D eigenvalue weighted by molar-refractivity contribution is -0.211. The molecule has 11 heteroatoms. The maximum atomic E-state index is 13.1. The Kier molecular flexibility index (Phi) is 8.61. The van der Waals surface area contributed by atoms with Crippen molar-refractivity contribution in [2.75, 3.05) is 12.8 Å². The Balaban J connectivity index is 1.61. The number of hydrogen-bond acceptors (Lipinski definition) is 9. The van der Waals surface area contributed by atoms with Crippen molar-refractivity contribution < 1.29 is 34.3 Å². The van der Waals surface area contributed by atoms with Gasteiger partial charge in [-0.25, -0.2) is 4.39 Å². The van der Waals surface area contributed by atoms with Crippen molar-refractivity contribution in [2.24, 2.45) is 0 Å². The zero-order chi connectivity index (χ0) is 22.7. The largest absolute Gasteiger partial charge is 0.391 e. The molecule has 2 fully saturated rings. The lowest BCUT2D eigenvalue weighted by Gasteiger charge is -2.44. The van der Waals surface area contributed by atoms with Crippen LogP contribution in [0.5, 0.6) is 0 Å². The maximum Gasteiger partial charge on any atom is 0.237 e. The number of ether oxygens (including phenoxy) is 1. The van der Waals surface area contributed by atoms with E-state index in [9.17, 15) is 29.6 Å². The van der Waals surface area contributed by atoms with Gasteiger partial charge in [0, 0.05) is 16.7 Å². The number of amides is 1. The molecule has 1 aromatic rings. The summed E-state index contributed by atoms with van der Waals surface area (Å²) in [6.07, 6.45) is -4.17. The first-order valence-corrected chi connectivity index (χ1v) is 12.2. The molecule has 0 saturated carbocycles. The van der Waals surface area contributed by atoms with Gasteiger partial charge in [-0.1, -0.05) is 0 Å². The summed E-state index contributed by atoms with van der Waals surface area (Å²) in [5.74, 6) is -0.658. The van der Waals surface area contributed by atoms with Crippen LogP contribution >= 0.6 is 23.5 Å². The highest BCUT2D eigenvalue weighted by Crippen LogP contribution is 2.31. The molecule has 31 heavy (non-hydrogen) atoms. The highest BCUT2D eigenvalue weighted by Gasteiger charge is 2.48. The summed E-state index contributed by atoms with van der Waals surface area (Å²) in [5, 5.41) is 46.8. The van der Waals surface area contributed by atoms with Crippen LogP contribution in [-0.4, -0.2) is 92.4 Å². The van der Waals surface area contributed by atoms with Crippen molar-refractivity contribution in [2.45, 2.75) is 71.5 Å². The number of benzene rings is 1. The molecule has 3 rings (SSSR count). The first kappa shape index (κ1) is 24.7. The molecule has 9 atom stereocenters. The summed E-state index contributed by atoms with van der Waals surface area (Å²) in [6.45, 7) is 2.04. The van der Waals surface area contributed by atoms with Crippen LogP contribution in [0.15, 0.2) is 29.2 Å². The van der Waals surface area contributed by atoms with Gasteiger partial charge >= 0.3 is 0 Å². The molecule has 1 aromatic carbocycles. The van der Waals surface area contributed by atoms with Gasteiger partial charge in [-0.05, 0) is 43.9 Å². The molecule has 2 saturated heterocycles. The Morgan fingerprint density at radius 2 is 1.90 bits per heavy atom. The van der Waals surface area contributed by atoms with E-state index in [4.69, 9.17) is 4.74 Å². The van der Waals surface area contributed by atoms with Crippen LogP contribution in [0.3, 0.4) is 0 Å². The molecule has 8 nitrogen and oxygen atoms in total. The predicted octanol–water partition coefficient (Wildman–Crippen LogP) is -0.315. The number of carbonyl (C=O) groups is 1. The molecule has 0 spiro atoms. The number of rotatable bonds is 7. The fraction of sp³-hybridized carbons (Fsp3) is 0.650. The Morgan fingerprint density at radius 3 is 2.52 bits per heavy atom. The molecule has 174 valence electrons. The second-order valence-corrected chi connectivity index (χ2v) is 10.2. The summed E-state index contributed by atoms with van der Waals surface area (Å²) in [5.41, 5.74) is -0.803. The van der Waals surface area contributed by atoms with Crippen LogP contribution in [0.4, 0.5) is 4.39 Å². The zero-order valence-electron chi connectivity index (χ0n) is 17.2. The van der Waals surface area contributed by atoms with Gasteiger partial charge < -0.3 is 35.8 Å². The van der Waals surface area contributed by atoms with Crippen LogP contribution in [0.1, 0.15) is 13.3 Å². The van der Waals surface area contributed by atoms with Crippen LogP contribution in [0.25, 0.3) is 0 Å². The van der Waals surface area contributed by atoms with Gasteiger partial charge in [0.15, 0.2) is 0 Å². The fourth-order valence-electron chi connectivity index (χ4n) is 3.81. The van der Waals surface area contributed by atoms with E-state index in [2.05, 4.69) is 10.6 Å². The quantitative estimate of drug-likeness (QED) is 0.314. The molecule has 6 N–H and O–H groups in total. The number of hydrogen-bond donors (Lipinski definition) is 6. The third-order valence-electron chi connectivity index (χ3n) is 5.54. The summed E-state index contributed by atoms with van der Waals surface area (Å²) in [4.78, 5) is 13.8. The van der Waals surface area contributed by atoms with Crippen molar-refractivity contribution in [1.29, 1.82) is 0 Å². The van der Waals surface area contributed by atoms with E-state index >= 15 is 0 Å². The van der Waals surface area contributed by atoms with Gasteiger partial charge in [-0.2, -0.15) is 0 Å². The lowest BCUT2D eigenvalue weighted by Crippen LogP contribution is -2.65. The number of thioether (sulfide) groups is 2. The third kappa shape index (κ3) is 5.91. The second kappa shape index (κ2) is 10.8. The molecule has 0 aromatic heterocycles. The lowest BCUT2D eigenvalue weighted by atomic mass is 9.92. The summed E-state index contributed by atoms with van der Waals surface area (Å²) in [7, 11) is 0. The minimum absolute atomic E-state index is 0.112. The smallest absolute Gasteiger partial charge is 0.237 e. The molecule has 2 aliphatic heterocycles. The van der Waals surface area contributed by atoms with Gasteiger partial charge in [0.2, 0.25) is 5.91 Å². The van der Waals surface area contributed by atoms with E-state index in [0.717, 1.165) is 16.7 Å². The molecule has 0 radical (unpaired) electrons. The van der Waals surface area contributed by atoms with Gasteiger partial charge in [0.25, 0.3) is 0 Å². The van der Waals surface area contributed by atoms with Gasteiger partial charge in [0.1, 0.15) is 35.7 Å². The number of aliphatic hydroxyl groups excluding tert-OH is 4. The number of aliphatic hydroxyl groups is 4. The van der Waals surface area contributed by atoms with Gasteiger partial charge in [-0.3, -0.25) is 4.79 Å². The Hall–Kier alpha value is -0.920. The SMILES string of the molecule is CS[C@H]1O[C@H]([C@H](NC(=O)C2CC(Sc3ccc(F)cc3)CN2)[C@@H](C)O)[C@H](O)[C@H](O)[C@H]1O. The minimum Gasteiger partial charge on any atom is -0.391 e. The molecular formula is C20H29FN2O6S2. The number of halogens is 1. The monoisotopic (exact) mass is 476 g/mol. The van der Waals surface area contributed by atoms with Crippen LogP contribution in [-0.2, 0) is 9.53 Å². The van der Waals surface area contributed by atoms with Crippen LogP contribution in [0, 0.1) is 5.82 Å². The van der Waals surface area contributed by atoms with Crippen molar-refractivity contribution in [3.05, 3.63) is 30.1 Å². The third-order valence-corrected chi connectivity index (χ3v) is 7.64. The number of nitrogens with one attached hydrogen (secondary N) is 2. The van der Waals surface area contributed by atoms with Crippen LogP contribution < -0.4 is 10.6 Å². The molecule has 0 aliphatic carbocycles. The van der Waals surface area contributed by atoms with E-state index in [-0.39, 0.29) is 17.0 Å². The topological polar surface area (TPSA) is 131 Å². The van der Waals surface area contributed by atoms with E-state index < -0.39 is 48.0 Å². The molecule has 0 bridgehead atoms. The Morgan fingerprint density at radius 1 is 1.23 bits per heavy atom. The van der Waals surface area contributed by atoms with Crippen molar-refractivity contribution in [3.63, 3.8) is 0 Å². The van der Waals surface area contributed by atoms with E-state index in [1.54, 1.807) is 30.2 Å². The van der Waals surface area contributed by atoms with Gasteiger partial charge in [-0.15, -0.1) is 23.5 Å². The normalized spacial score (nSPS) is 35.5. The van der Waals surface area contributed by atoms with Crippen molar-refractivity contribution >= 4 is 29.4 Å². The molecular weight excluding hydrogens is 447 g/mol. The Labute approximate surface area is 188 Å². The van der Waals surface area contributed by atoms with Crippen molar-refractivity contribution in [3.8, 4) is 0 Å². The molecule has 2 aliphatic rings. The highest BCUT2D eigenvalue weighted by molar-refractivity contribution is 8.00. The van der Waals surface area contributed by atoms with Gasteiger partial charge in [0.05, 0.1) is 18.2 Å². The van der Waals surface area contributed by atoms with Crippen LogP contribution in [0.2, 0.25) is 0 Å². The average molecular weight is 477 g/mol. The first-order valence-electron chi connectivity index (χ1n) is 10.1. The van der Waals surface area contributed by atoms with E-state index in [1.807, 2.05) is 0 Å². The first-order chi connectivity index (χ1) is 14.7. The summed E-state index contributed by atoms with van der Waals surface area (Å²) < 4.78 is 18.8. The predicted molar refractivity (Wildman–Crippen MR) is 116 cm³/mol. The maximum absolute atomic E-state index is 13.1. The van der Waals surface area contributed by atoms with E-state index in [0.29, 0.717) is 13.0 Å². The zero-order valence-corrected chi connectivity index (χ0v) is 18.9. The number of carbonyl (C=O) groups excluding carboxylic acids is 1. The Bertz CT molecular complexity index is 741. The van der Waals surface area contributed by atoms with E-state index in [1.165, 1.54) is 19.1 Å². The highest BCUT2D eigenvalue weighted by atomic mass is 32.2. The minimum atomic E-state index is -1.48.